The predicted molar refractivity (Wildman–Crippen MR) is 72.4 cm³/mol. The van der Waals surface area contributed by atoms with Gasteiger partial charge in [0.25, 0.3) is 0 Å². The van der Waals surface area contributed by atoms with E-state index >= 15 is 0 Å². The Morgan fingerprint density at radius 2 is 2.39 bits per heavy atom. The number of aromatic amines is 1. The van der Waals surface area contributed by atoms with Gasteiger partial charge in [-0.25, -0.2) is 4.98 Å². The van der Waals surface area contributed by atoms with Crippen molar-refractivity contribution in [3.8, 4) is 0 Å². The summed E-state index contributed by atoms with van der Waals surface area (Å²) in [6.07, 6.45) is 6.93. The zero-order chi connectivity index (χ0) is 12.4. The van der Waals surface area contributed by atoms with Gasteiger partial charge in [-0.05, 0) is 31.8 Å². The first kappa shape index (κ1) is 12.2. The van der Waals surface area contributed by atoms with Gasteiger partial charge in [0.15, 0.2) is 0 Å². The second-order valence-electron chi connectivity index (χ2n) is 5.70. The van der Waals surface area contributed by atoms with Crippen LogP contribution in [0.5, 0.6) is 0 Å². The fourth-order valence-corrected chi connectivity index (χ4v) is 3.31. The molecule has 0 aromatic carbocycles. The number of unbranched alkanes of at least 4 members (excludes halogenated alkanes) is 1. The molecule has 2 N–H and O–H groups in total. The van der Waals surface area contributed by atoms with Crippen molar-refractivity contribution in [3.05, 3.63) is 17.7 Å². The summed E-state index contributed by atoms with van der Waals surface area (Å²) < 4.78 is 0. The molecule has 2 fully saturated rings. The van der Waals surface area contributed by atoms with Crippen molar-refractivity contribution in [1.82, 2.24) is 20.2 Å². The number of aryl methyl sites for hydroxylation is 1. The van der Waals surface area contributed by atoms with Gasteiger partial charge < -0.3 is 10.3 Å². The van der Waals surface area contributed by atoms with E-state index in [1.807, 2.05) is 6.20 Å². The van der Waals surface area contributed by atoms with Crippen LogP contribution in [0.3, 0.4) is 0 Å². The molecule has 0 bridgehead atoms. The van der Waals surface area contributed by atoms with Gasteiger partial charge in [-0.1, -0.05) is 13.3 Å². The minimum absolute atomic E-state index is 0.757. The SMILES string of the molecule is CCCCc1ncc(CN2CC[C@H]3CNC[C@H]32)[nH]1. The van der Waals surface area contributed by atoms with Crippen molar-refractivity contribution < 1.29 is 0 Å². The molecule has 1 aromatic rings. The van der Waals surface area contributed by atoms with Crippen LogP contribution in [-0.2, 0) is 13.0 Å². The van der Waals surface area contributed by atoms with Crippen LogP contribution in [0, 0.1) is 5.92 Å². The van der Waals surface area contributed by atoms with E-state index in [-0.39, 0.29) is 0 Å². The summed E-state index contributed by atoms with van der Waals surface area (Å²) in [5.74, 6) is 2.04. The first-order valence-corrected chi connectivity index (χ1v) is 7.34. The Morgan fingerprint density at radius 3 is 3.28 bits per heavy atom. The Labute approximate surface area is 109 Å². The molecular weight excluding hydrogens is 224 g/mol. The number of nitrogens with zero attached hydrogens (tertiary/aromatic N) is 2. The van der Waals surface area contributed by atoms with E-state index in [1.54, 1.807) is 0 Å². The van der Waals surface area contributed by atoms with Crippen LogP contribution in [0.4, 0.5) is 0 Å². The molecule has 0 spiro atoms. The number of imidazole rings is 1. The Hall–Kier alpha value is -0.870. The summed E-state index contributed by atoms with van der Waals surface area (Å²) in [7, 11) is 0. The maximum Gasteiger partial charge on any atom is 0.106 e. The zero-order valence-electron chi connectivity index (χ0n) is 11.3. The Morgan fingerprint density at radius 1 is 1.44 bits per heavy atom. The third-order valence-electron chi connectivity index (χ3n) is 4.38. The first-order chi connectivity index (χ1) is 8.86. The molecule has 1 aromatic heterocycles. The van der Waals surface area contributed by atoms with Gasteiger partial charge in [0.2, 0.25) is 0 Å². The molecule has 3 heterocycles. The second-order valence-corrected chi connectivity index (χ2v) is 5.70. The molecule has 0 saturated carbocycles. The van der Waals surface area contributed by atoms with Gasteiger partial charge >= 0.3 is 0 Å². The van der Waals surface area contributed by atoms with E-state index in [2.05, 4.69) is 27.1 Å². The lowest BCUT2D eigenvalue weighted by molar-refractivity contribution is 0.241. The first-order valence-electron chi connectivity index (χ1n) is 7.34. The molecule has 0 radical (unpaired) electrons. The van der Waals surface area contributed by atoms with E-state index in [9.17, 15) is 0 Å². The molecule has 100 valence electrons. The van der Waals surface area contributed by atoms with Crippen LogP contribution in [0.1, 0.15) is 37.7 Å². The van der Waals surface area contributed by atoms with Gasteiger partial charge in [0, 0.05) is 37.4 Å². The molecule has 4 nitrogen and oxygen atoms in total. The standard InChI is InChI=1S/C14H24N4/c1-2-3-4-14-16-8-12(17-14)10-18-6-5-11-7-15-9-13(11)18/h8,11,13,15H,2-7,9-10H2,1H3,(H,16,17)/t11-,13+/m0/s1. The number of fused-ring (bicyclic) bond motifs is 1. The Bertz CT molecular complexity index is 387. The number of likely N-dealkylation sites (tertiary alicyclic amines) is 1. The molecule has 2 aliphatic heterocycles. The third kappa shape index (κ3) is 2.45. The lowest BCUT2D eigenvalue weighted by Crippen LogP contribution is -2.33. The summed E-state index contributed by atoms with van der Waals surface area (Å²) >= 11 is 0. The number of aromatic nitrogens is 2. The molecule has 0 amide bonds. The zero-order valence-corrected chi connectivity index (χ0v) is 11.3. The quantitative estimate of drug-likeness (QED) is 0.831. The van der Waals surface area contributed by atoms with Crippen LogP contribution in [0.15, 0.2) is 6.20 Å². The van der Waals surface area contributed by atoms with Gasteiger partial charge in [0.1, 0.15) is 5.82 Å². The molecule has 0 unspecified atom stereocenters. The molecule has 18 heavy (non-hydrogen) atoms. The summed E-state index contributed by atoms with van der Waals surface area (Å²) in [6, 6.07) is 0.757. The highest BCUT2D eigenvalue weighted by Crippen LogP contribution is 2.28. The summed E-state index contributed by atoms with van der Waals surface area (Å²) in [4.78, 5) is 10.6. The highest BCUT2D eigenvalue weighted by atomic mass is 15.2. The Balaban J connectivity index is 1.57. The summed E-state index contributed by atoms with van der Waals surface area (Å²) in [5, 5.41) is 3.51. The van der Waals surface area contributed by atoms with Crippen LogP contribution in [0.2, 0.25) is 0 Å². The normalized spacial score (nSPS) is 27.8. The second kappa shape index (κ2) is 5.41. The largest absolute Gasteiger partial charge is 0.345 e. The van der Waals surface area contributed by atoms with Crippen molar-refractivity contribution in [2.45, 2.75) is 45.2 Å². The summed E-state index contributed by atoms with van der Waals surface area (Å²) in [6.45, 7) is 6.90. The van der Waals surface area contributed by atoms with Crippen molar-refractivity contribution in [3.63, 3.8) is 0 Å². The molecule has 4 heteroatoms. The fourth-order valence-electron chi connectivity index (χ4n) is 3.31. The lowest BCUT2D eigenvalue weighted by atomic mass is 10.1. The fraction of sp³-hybridized carbons (Fsp3) is 0.786. The van der Waals surface area contributed by atoms with Gasteiger partial charge in [0.05, 0.1) is 0 Å². The van der Waals surface area contributed by atoms with E-state index in [1.165, 1.54) is 44.6 Å². The number of H-pyrrole nitrogens is 1. The monoisotopic (exact) mass is 248 g/mol. The minimum Gasteiger partial charge on any atom is -0.345 e. The van der Waals surface area contributed by atoms with Crippen LogP contribution < -0.4 is 5.32 Å². The summed E-state index contributed by atoms with van der Waals surface area (Å²) in [5.41, 5.74) is 1.29. The molecule has 2 aliphatic rings. The van der Waals surface area contributed by atoms with Crippen LogP contribution in [-0.4, -0.2) is 40.5 Å². The van der Waals surface area contributed by atoms with Crippen molar-refractivity contribution in [1.29, 1.82) is 0 Å². The van der Waals surface area contributed by atoms with Crippen molar-refractivity contribution in [2.24, 2.45) is 5.92 Å². The maximum absolute atomic E-state index is 4.48. The van der Waals surface area contributed by atoms with Crippen LogP contribution >= 0.6 is 0 Å². The van der Waals surface area contributed by atoms with E-state index in [0.717, 1.165) is 30.7 Å². The van der Waals surface area contributed by atoms with Gasteiger partial charge in [-0.2, -0.15) is 0 Å². The van der Waals surface area contributed by atoms with Gasteiger partial charge in [-0.3, -0.25) is 4.90 Å². The number of rotatable bonds is 5. The number of nitrogens with one attached hydrogen (secondary N) is 2. The van der Waals surface area contributed by atoms with Crippen LogP contribution in [0.25, 0.3) is 0 Å². The van der Waals surface area contributed by atoms with Gasteiger partial charge in [-0.15, -0.1) is 0 Å². The average Bonchev–Trinajstić information content (AvgIpc) is 3.05. The molecule has 0 aliphatic carbocycles. The highest BCUT2D eigenvalue weighted by Gasteiger charge is 2.37. The molecular formula is C14H24N4. The molecule has 3 rings (SSSR count). The van der Waals surface area contributed by atoms with E-state index in [0.29, 0.717) is 0 Å². The minimum atomic E-state index is 0.757. The molecule has 2 atom stereocenters. The van der Waals surface area contributed by atoms with E-state index in [4.69, 9.17) is 0 Å². The number of hydrogen-bond donors (Lipinski definition) is 2. The van der Waals surface area contributed by atoms with Crippen molar-refractivity contribution >= 4 is 0 Å². The third-order valence-corrected chi connectivity index (χ3v) is 4.38. The maximum atomic E-state index is 4.48. The molecule has 2 saturated heterocycles. The topological polar surface area (TPSA) is 44.0 Å². The smallest absolute Gasteiger partial charge is 0.106 e. The highest BCUT2D eigenvalue weighted by molar-refractivity contribution is 5.04. The average molecular weight is 248 g/mol. The lowest BCUT2D eigenvalue weighted by Gasteiger charge is -2.22. The Kier molecular flexibility index (Phi) is 3.66. The van der Waals surface area contributed by atoms with Crippen molar-refractivity contribution in [2.75, 3.05) is 19.6 Å². The number of hydrogen-bond acceptors (Lipinski definition) is 3. The van der Waals surface area contributed by atoms with E-state index < -0.39 is 0 Å². The predicted octanol–water partition coefficient (Wildman–Crippen LogP) is 1.55.